The number of hydrogen-bond donors (Lipinski definition) is 2. The highest BCUT2D eigenvalue weighted by molar-refractivity contribution is 7.89. The van der Waals surface area contributed by atoms with E-state index in [1.54, 1.807) is 13.8 Å². The normalized spacial score (nSPS) is 11.6. The molecule has 1 aromatic carbocycles. The molecule has 3 aromatic rings. The lowest BCUT2D eigenvalue weighted by Gasteiger charge is -2.09. The second-order valence-corrected chi connectivity index (χ2v) is 7.54. The van der Waals surface area contributed by atoms with Crippen LogP contribution in [-0.4, -0.2) is 34.7 Å². The number of nitrogens with zero attached hydrogens (tertiary/aromatic N) is 3. The number of H-pyrrole nitrogens is 1. The molecule has 0 saturated heterocycles. The summed E-state index contributed by atoms with van der Waals surface area (Å²) in [7, 11) is -3.69. The zero-order valence-electron chi connectivity index (χ0n) is 14.4. The summed E-state index contributed by atoms with van der Waals surface area (Å²) in [5.41, 5.74) is 2.07. The van der Waals surface area contributed by atoms with E-state index >= 15 is 0 Å². The Balaban J connectivity index is 1.70. The number of aromatic amines is 1. The van der Waals surface area contributed by atoms with Gasteiger partial charge in [-0.2, -0.15) is 5.10 Å². The van der Waals surface area contributed by atoms with Crippen molar-refractivity contribution in [2.45, 2.75) is 25.3 Å². The van der Waals surface area contributed by atoms with Gasteiger partial charge in [-0.25, -0.2) is 18.1 Å². The average molecular weight is 373 g/mol. The van der Waals surface area contributed by atoms with Gasteiger partial charge in [0, 0.05) is 24.7 Å². The Hall–Kier alpha value is -2.78. The van der Waals surface area contributed by atoms with Crippen LogP contribution >= 0.6 is 0 Å². The summed E-state index contributed by atoms with van der Waals surface area (Å²) in [6.07, 6.45) is 1.42. The van der Waals surface area contributed by atoms with E-state index in [0.29, 0.717) is 17.1 Å². The molecule has 0 radical (unpaired) electrons. The number of aryl methyl sites for hydroxylation is 2. The van der Waals surface area contributed by atoms with Crippen LogP contribution < -0.4 is 10.3 Å². The molecule has 0 amide bonds. The van der Waals surface area contributed by atoms with Gasteiger partial charge in [-0.3, -0.25) is 14.5 Å². The smallest absolute Gasteiger partial charge is 0.253 e. The molecular weight excluding hydrogens is 354 g/mol. The van der Waals surface area contributed by atoms with Gasteiger partial charge in [-0.15, -0.1) is 0 Å². The number of aromatic nitrogens is 4. The van der Waals surface area contributed by atoms with E-state index in [4.69, 9.17) is 0 Å². The lowest BCUT2D eigenvalue weighted by molar-refractivity contribution is 0.568. The van der Waals surface area contributed by atoms with Crippen LogP contribution in [0.5, 0.6) is 0 Å². The van der Waals surface area contributed by atoms with Gasteiger partial charge < -0.3 is 0 Å². The van der Waals surface area contributed by atoms with Crippen molar-refractivity contribution in [1.82, 2.24) is 24.5 Å². The molecule has 2 heterocycles. The summed E-state index contributed by atoms with van der Waals surface area (Å²) in [6.45, 7) is 3.51. The summed E-state index contributed by atoms with van der Waals surface area (Å²) in [4.78, 5) is 16.7. The molecule has 2 aromatic heterocycles. The molecule has 0 aliphatic heterocycles. The molecule has 8 nitrogen and oxygen atoms in total. The van der Waals surface area contributed by atoms with Crippen LogP contribution in [-0.2, 0) is 16.6 Å². The van der Waals surface area contributed by atoms with Crippen LogP contribution in [0.15, 0.2) is 52.4 Å². The van der Waals surface area contributed by atoms with Crippen molar-refractivity contribution < 1.29 is 8.42 Å². The highest BCUT2D eigenvalue weighted by atomic mass is 32.2. The molecule has 3 rings (SSSR count). The number of sulfonamides is 1. The Morgan fingerprint density at radius 2 is 1.92 bits per heavy atom. The highest BCUT2D eigenvalue weighted by Gasteiger charge is 2.21. The minimum Gasteiger partial charge on any atom is -0.298 e. The summed E-state index contributed by atoms with van der Waals surface area (Å²) >= 11 is 0. The maximum atomic E-state index is 12.4. The largest absolute Gasteiger partial charge is 0.298 e. The first-order valence-electron chi connectivity index (χ1n) is 8.01. The third kappa shape index (κ3) is 3.73. The maximum Gasteiger partial charge on any atom is 0.253 e. The fraction of sp³-hybridized carbons (Fsp3) is 0.235. The zero-order chi connectivity index (χ0) is 18.7. The molecule has 0 aliphatic carbocycles. The summed E-state index contributed by atoms with van der Waals surface area (Å²) in [5, 5.41) is 6.54. The third-order valence-electron chi connectivity index (χ3n) is 3.92. The molecule has 0 spiro atoms. The van der Waals surface area contributed by atoms with E-state index in [1.807, 2.05) is 30.3 Å². The number of hydrogen-bond acceptors (Lipinski definition) is 5. The van der Waals surface area contributed by atoms with Crippen molar-refractivity contribution in [2.24, 2.45) is 0 Å². The lowest BCUT2D eigenvalue weighted by atomic mass is 10.1. The van der Waals surface area contributed by atoms with Gasteiger partial charge in [0.2, 0.25) is 10.0 Å². The molecular formula is C17H19N5O3S. The molecule has 0 aliphatic rings. The van der Waals surface area contributed by atoms with Crippen molar-refractivity contribution in [3.05, 3.63) is 64.5 Å². The molecule has 0 fully saturated rings. The van der Waals surface area contributed by atoms with Crippen LogP contribution in [0.1, 0.15) is 11.4 Å². The topological polar surface area (TPSA) is 110 Å². The van der Waals surface area contributed by atoms with Crippen LogP contribution in [0, 0.1) is 13.8 Å². The summed E-state index contributed by atoms with van der Waals surface area (Å²) in [5.74, 6) is 0. The van der Waals surface area contributed by atoms with Gasteiger partial charge in [0.05, 0.1) is 23.4 Å². The first-order chi connectivity index (χ1) is 12.4. The van der Waals surface area contributed by atoms with Crippen molar-refractivity contribution in [1.29, 1.82) is 0 Å². The predicted octanol–water partition coefficient (Wildman–Crippen LogP) is 1.23. The second-order valence-electron chi connectivity index (χ2n) is 5.83. The maximum absolute atomic E-state index is 12.4. The molecule has 0 saturated carbocycles. The number of rotatable bonds is 6. The molecule has 26 heavy (non-hydrogen) atoms. The minimum absolute atomic E-state index is 0.0681. The van der Waals surface area contributed by atoms with Crippen LogP contribution in [0.25, 0.3) is 11.3 Å². The Morgan fingerprint density at radius 1 is 1.19 bits per heavy atom. The van der Waals surface area contributed by atoms with Gasteiger partial charge in [0.15, 0.2) is 0 Å². The first-order valence-corrected chi connectivity index (χ1v) is 9.50. The first kappa shape index (κ1) is 18.0. The summed E-state index contributed by atoms with van der Waals surface area (Å²) in [6, 6.07) is 10.8. The van der Waals surface area contributed by atoms with Crippen LogP contribution in [0.3, 0.4) is 0 Å². The molecule has 0 atom stereocenters. The highest BCUT2D eigenvalue weighted by Crippen LogP contribution is 2.16. The molecule has 136 valence electrons. The van der Waals surface area contributed by atoms with Crippen molar-refractivity contribution >= 4 is 10.0 Å². The number of benzene rings is 1. The minimum atomic E-state index is -3.69. The Bertz CT molecular complexity index is 1050. The monoisotopic (exact) mass is 373 g/mol. The van der Waals surface area contributed by atoms with Crippen molar-refractivity contribution in [3.8, 4) is 11.3 Å². The van der Waals surface area contributed by atoms with Crippen LogP contribution in [0.2, 0.25) is 0 Å². The van der Waals surface area contributed by atoms with Gasteiger partial charge in [0.1, 0.15) is 4.90 Å². The fourth-order valence-electron chi connectivity index (χ4n) is 2.67. The zero-order valence-corrected chi connectivity index (χ0v) is 15.2. The average Bonchev–Trinajstić information content (AvgIpc) is 2.96. The lowest BCUT2D eigenvalue weighted by Crippen LogP contribution is -2.31. The Labute approximate surface area is 151 Å². The Morgan fingerprint density at radius 3 is 2.54 bits per heavy atom. The van der Waals surface area contributed by atoms with Gasteiger partial charge in [-0.1, -0.05) is 30.3 Å². The van der Waals surface area contributed by atoms with Gasteiger partial charge in [0.25, 0.3) is 5.56 Å². The molecule has 2 N–H and O–H groups in total. The molecule has 0 bridgehead atoms. The van der Waals surface area contributed by atoms with E-state index in [-0.39, 0.29) is 23.5 Å². The third-order valence-corrected chi connectivity index (χ3v) is 5.65. The molecule has 0 unspecified atom stereocenters. The second kappa shape index (κ2) is 7.22. The van der Waals surface area contributed by atoms with E-state index in [9.17, 15) is 13.2 Å². The fourth-order valence-corrected chi connectivity index (χ4v) is 4.06. The van der Waals surface area contributed by atoms with E-state index in [0.717, 1.165) is 5.56 Å². The summed E-state index contributed by atoms with van der Waals surface area (Å²) < 4.78 is 28.6. The van der Waals surface area contributed by atoms with E-state index in [2.05, 4.69) is 19.9 Å². The van der Waals surface area contributed by atoms with Crippen molar-refractivity contribution in [3.63, 3.8) is 0 Å². The molecule has 9 heteroatoms. The van der Waals surface area contributed by atoms with Crippen molar-refractivity contribution in [2.75, 3.05) is 6.54 Å². The van der Waals surface area contributed by atoms with Gasteiger partial charge in [-0.05, 0) is 13.8 Å². The Kier molecular flexibility index (Phi) is 5.01. The predicted molar refractivity (Wildman–Crippen MR) is 97.2 cm³/mol. The van der Waals surface area contributed by atoms with E-state index in [1.165, 1.54) is 17.0 Å². The quantitative estimate of drug-likeness (QED) is 0.675. The van der Waals surface area contributed by atoms with Crippen LogP contribution in [0.4, 0.5) is 0 Å². The van der Waals surface area contributed by atoms with Gasteiger partial charge >= 0.3 is 0 Å². The van der Waals surface area contributed by atoms with E-state index < -0.39 is 10.0 Å². The number of nitrogens with one attached hydrogen (secondary N) is 2. The SMILES string of the molecule is Cc1n[nH]c(C)c1S(=O)(=O)NCCn1cnc(-c2ccccc2)cc1=O. The standard InChI is InChI=1S/C17H19N5O3S/c1-12-17(13(2)21-20-12)26(24,25)19-8-9-22-11-18-15(10-16(22)23)14-6-4-3-5-7-14/h3-7,10-11,19H,8-9H2,1-2H3,(H,20,21).